The number of carboxylic acids is 1. The van der Waals surface area contributed by atoms with E-state index in [1.807, 2.05) is 0 Å². The number of alkyl halides is 2. The van der Waals surface area contributed by atoms with E-state index < -0.39 is 36.1 Å². The minimum Gasteiger partial charge on any atom is -0.618 e. The Labute approximate surface area is 122 Å². The molecule has 1 N–H and O–H groups in total. The molecule has 22 heavy (non-hydrogen) atoms. The van der Waals surface area contributed by atoms with Crippen LogP contribution < -0.4 is 9.47 Å². The van der Waals surface area contributed by atoms with E-state index in [4.69, 9.17) is 9.84 Å². The zero-order chi connectivity index (χ0) is 16.3. The Kier molecular flexibility index (Phi) is 4.50. The fraction of sp³-hybridized carbons (Fsp3) is 0.143. The lowest BCUT2D eigenvalue weighted by atomic mass is 10.1. The van der Waals surface area contributed by atoms with E-state index >= 15 is 0 Å². The molecular formula is C14H10F3NO4. The Morgan fingerprint density at radius 1 is 1.27 bits per heavy atom. The highest BCUT2D eigenvalue weighted by molar-refractivity contribution is 5.93. The van der Waals surface area contributed by atoms with Crippen LogP contribution in [-0.2, 0) is 0 Å². The van der Waals surface area contributed by atoms with Crippen LogP contribution in [0.25, 0.3) is 11.3 Å². The number of aromatic carboxylic acids is 1. The zero-order valence-corrected chi connectivity index (χ0v) is 11.0. The second-order valence-corrected chi connectivity index (χ2v) is 4.25. The normalized spacial score (nSPS) is 10.7. The fourth-order valence-corrected chi connectivity index (χ4v) is 1.85. The van der Waals surface area contributed by atoms with Crippen LogP contribution >= 0.6 is 0 Å². The van der Waals surface area contributed by atoms with Crippen molar-refractivity contribution in [1.29, 1.82) is 0 Å². The topological polar surface area (TPSA) is 73.5 Å². The minimum atomic E-state index is -2.84. The lowest BCUT2D eigenvalue weighted by molar-refractivity contribution is -0.594. The van der Waals surface area contributed by atoms with E-state index in [1.54, 1.807) is 0 Å². The van der Waals surface area contributed by atoms with E-state index in [2.05, 4.69) is 0 Å². The van der Waals surface area contributed by atoms with Gasteiger partial charge >= 0.3 is 5.97 Å². The summed E-state index contributed by atoms with van der Waals surface area (Å²) in [6.07, 6.45) is -1.93. The summed E-state index contributed by atoms with van der Waals surface area (Å²) in [6, 6.07) is 5.50. The molecule has 116 valence electrons. The van der Waals surface area contributed by atoms with E-state index in [0.717, 1.165) is 24.4 Å². The number of halogens is 3. The van der Waals surface area contributed by atoms with Gasteiger partial charge in [0.1, 0.15) is 18.0 Å². The minimum absolute atomic E-state index is 0.142. The third kappa shape index (κ3) is 3.27. The van der Waals surface area contributed by atoms with Gasteiger partial charge < -0.3 is 15.1 Å². The SMILES string of the molecule is O=C(O)c1cc[n+]([O-])c(-c2ccc(F)cc2)c1OCC(F)F. The molecule has 1 aromatic heterocycles. The molecule has 0 saturated heterocycles. The van der Waals surface area contributed by atoms with Gasteiger partial charge in [0.15, 0.2) is 6.20 Å². The van der Waals surface area contributed by atoms with Crippen molar-refractivity contribution in [2.45, 2.75) is 6.43 Å². The van der Waals surface area contributed by atoms with Crippen LogP contribution in [-0.4, -0.2) is 24.1 Å². The summed E-state index contributed by atoms with van der Waals surface area (Å²) in [5.41, 5.74) is -0.573. The fourth-order valence-electron chi connectivity index (χ4n) is 1.85. The third-order valence-corrected chi connectivity index (χ3v) is 2.76. The van der Waals surface area contributed by atoms with Gasteiger partial charge in [-0.05, 0) is 24.3 Å². The van der Waals surface area contributed by atoms with Crippen molar-refractivity contribution in [2.75, 3.05) is 6.61 Å². The van der Waals surface area contributed by atoms with Crippen molar-refractivity contribution in [2.24, 2.45) is 0 Å². The highest BCUT2D eigenvalue weighted by atomic mass is 19.3. The van der Waals surface area contributed by atoms with Crippen molar-refractivity contribution in [3.63, 3.8) is 0 Å². The predicted molar refractivity (Wildman–Crippen MR) is 69.3 cm³/mol. The molecule has 5 nitrogen and oxygen atoms in total. The first-order valence-corrected chi connectivity index (χ1v) is 6.06. The molecule has 0 bridgehead atoms. The summed E-state index contributed by atoms with van der Waals surface area (Å²) in [7, 11) is 0. The summed E-state index contributed by atoms with van der Waals surface area (Å²) >= 11 is 0. The Morgan fingerprint density at radius 3 is 2.45 bits per heavy atom. The maximum Gasteiger partial charge on any atom is 0.339 e. The van der Waals surface area contributed by atoms with Crippen molar-refractivity contribution in [3.8, 4) is 17.0 Å². The highest BCUT2D eigenvalue weighted by Crippen LogP contribution is 2.30. The van der Waals surface area contributed by atoms with Crippen LogP contribution in [0.2, 0.25) is 0 Å². The Bertz CT molecular complexity index is 689. The number of ether oxygens (including phenoxy) is 1. The molecule has 0 aliphatic rings. The number of benzene rings is 1. The van der Waals surface area contributed by atoms with Crippen LogP contribution in [0.1, 0.15) is 10.4 Å². The van der Waals surface area contributed by atoms with Crippen LogP contribution in [0.3, 0.4) is 0 Å². The van der Waals surface area contributed by atoms with Crippen molar-refractivity contribution >= 4 is 5.97 Å². The van der Waals surface area contributed by atoms with E-state index in [0.29, 0.717) is 0 Å². The van der Waals surface area contributed by atoms with Crippen molar-refractivity contribution in [3.05, 3.63) is 53.1 Å². The number of hydrogen-bond donors (Lipinski definition) is 1. The number of rotatable bonds is 5. The van der Waals surface area contributed by atoms with Crippen LogP contribution in [0.5, 0.6) is 5.75 Å². The van der Waals surface area contributed by atoms with Crippen molar-refractivity contribution < 1.29 is 32.5 Å². The van der Waals surface area contributed by atoms with Gasteiger partial charge in [-0.1, -0.05) is 0 Å². The molecule has 0 aliphatic heterocycles. The maximum atomic E-state index is 13.0. The molecule has 0 amide bonds. The first kappa shape index (κ1) is 15.6. The van der Waals surface area contributed by atoms with E-state index in [1.165, 1.54) is 12.1 Å². The summed E-state index contributed by atoms with van der Waals surface area (Å²) in [5, 5.41) is 21.0. The smallest absolute Gasteiger partial charge is 0.339 e. The van der Waals surface area contributed by atoms with Gasteiger partial charge in [0.2, 0.25) is 5.75 Å². The van der Waals surface area contributed by atoms with Crippen molar-refractivity contribution in [1.82, 2.24) is 0 Å². The molecule has 0 aliphatic carbocycles. The summed E-state index contributed by atoms with van der Waals surface area (Å²) in [4.78, 5) is 11.2. The van der Waals surface area contributed by atoms with E-state index in [9.17, 15) is 23.2 Å². The number of hydrogen-bond acceptors (Lipinski definition) is 3. The third-order valence-electron chi connectivity index (χ3n) is 2.76. The number of nitrogens with zero attached hydrogens (tertiary/aromatic N) is 1. The monoisotopic (exact) mass is 313 g/mol. The molecule has 0 fully saturated rings. The first-order chi connectivity index (χ1) is 10.4. The van der Waals surface area contributed by atoms with E-state index in [-0.39, 0.29) is 16.0 Å². The molecule has 2 aromatic rings. The Hall–Kier alpha value is -2.77. The maximum absolute atomic E-state index is 13.0. The number of pyridine rings is 1. The van der Waals surface area contributed by atoms with Gasteiger partial charge in [-0.15, -0.1) is 0 Å². The van der Waals surface area contributed by atoms with Crippen LogP contribution in [0, 0.1) is 11.0 Å². The molecule has 0 saturated carbocycles. The standard InChI is InChI=1S/C14H10F3NO4/c15-9-3-1-8(2-4-9)12-13(22-7-11(16)17)10(14(19)20)5-6-18(12)21/h1-6,11H,7H2,(H,19,20). The first-order valence-electron chi connectivity index (χ1n) is 6.06. The largest absolute Gasteiger partial charge is 0.618 e. The summed E-state index contributed by atoms with van der Waals surface area (Å²) in [6.45, 7) is -1.07. The number of aromatic nitrogens is 1. The Morgan fingerprint density at radius 2 is 1.91 bits per heavy atom. The molecule has 0 unspecified atom stereocenters. The molecule has 1 heterocycles. The summed E-state index contributed by atoms with van der Waals surface area (Å²) < 4.78 is 42.7. The van der Waals surface area contributed by atoms with Gasteiger partial charge in [-0.3, -0.25) is 0 Å². The molecule has 2 rings (SSSR count). The summed E-state index contributed by atoms with van der Waals surface area (Å²) in [5.74, 6) is -2.49. The lowest BCUT2D eigenvalue weighted by Gasteiger charge is -2.13. The molecule has 8 heteroatoms. The highest BCUT2D eigenvalue weighted by Gasteiger charge is 2.25. The average molecular weight is 313 g/mol. The number of carboxylic acid groups (broad SMARTS) is 1. The number of carbonyl (C=O) groups is 1. The van der Waals surface area contributed by atoms with Crippen LogP contribution in [0.4, 0.5) is 13.2 Å². The van der Waals surface area contributed by atoms with Crippen LogP contribution in [0.15, 0.2) is 36.5 Å². The molecule has 0 spiro atoms. The second-order valence-electron chi connectivity index (χ2n) is 4.25. The molecule has 0 atom stereocenters. The quantitative estimate of drug-likeness (QED) is 0.680. The zero-order valence-electron chi connectivity index (χ0n) is 11.0. The molecular weight excluding hydrogens is 303 g/mol. The molecule has 0 radical (unpaired) electrons. The van der Waals surface area contributed by atoms with Gasteiger partial charge in [-0.25, -0.2) is 18.0 Å². The van der Waals surface area contributed by atoms with Gasteiger partial charge in [-0.2, -0.15) is 4.73 Å². The lowest BCUT2D eigenvalue weighted by Crippen LogP contribution is -2.30. The Balaban J connectivity index is 2.61. The molecule has 1 aromatic carbocycles. The van der Waals surface area contributed by atoms with Gasteiger partial charge in [0.05, 0.1) is 5.56 Å². The van der Waals surface area contributed by atoms with Gasteiger partial charge in [0, 0.05) is 6.07 Å². The predicted octanol–water partition coefficient (Wildman–Crippen LogP) is 2.47. The van der Waals surface area contributed by atoms with Gasteiger partial charge in [0.25, 0.3) is 12.1 Å². The average Bonchev–Trinajstić information content (AvgIpc) is 2.46. The second kappa shape index (κ2) is 6.33.